The van der Waals surface area contributed by atoms with Gasteiger partial charge in [0.1, 0.15) is 17.1 Å². The summed E-state index contributed by atoms with van der Waals surface area (Å²) in [6, 6.07) is 16.3. The second-order valence-electron chi connectivity index (χ2n) is 8.97. The van der Waals surface area contributed by atoms with Crippen LogP contribution in [0.25, 0.3) is 10.9 Å². The van der Waals surface area contributed by atoms with Crippen LogP contribution in [0.3, 0.4) is 0 Å². The number of nitrogens with one attached hydrogen (secondary N) is 3. The van der Waals surface area contributed by atoms with Crippen LogP contribution >= 0.6 is 0 Å². The number of hydrogen-bond donors (Lipinski definition) is 3. The van der Waals surface area contributed by atoms with Gasteiger partial charge >= 0.3 is 0 Å². The van der Waals surface area contributed by atoms with Crippen LogP contribution in [0.2, 0.25) is 0 Å². The number of carbonyl (C=O) groups is 2. The van der Waals surface area contributed by atoms with Gasteiger partial charge in [0.25, 0.3) is 5.91 Å². The Labute approximate surface area is 191 Å². The third kappa shape index (κ3) is 3.95. The summed E-state index contributed by atoms with van der Waals surface area (Å²) in [4.78, 5) is 33.0. The fourth-order valence-corrected chi connectivity index (χ4v) is 5.06. The van der Waals surface area contributed by atoms with Crippen molar-refractivity contribution in [2.24, 2.45) is 0 Å². The van der Waals surface area contributed by atoms with Crippen molar-refractivity contribution in [2.75, 3.05) is 31.2 Å². The van der Waals surface area contributed by atoms with E-state index < -0.39 is 5.54 Å². The molecule has 0 aliphatic carbocycles. The van der Waals surface area contributed by atoms with Gasteiger partial charge in [-0.25, -0.2) is 4.39 Å². The van der Waals surface area contributed by atoms with Crippen molar-refractivity contribution in [3.63, 3.8) is 0 Å². The van der Waals surface area contributed by atoms with Crippen molar-refractivity contribution in [3.8, 4) is 0 Å². The van der Waals surface area contributed by atoms with Crippen molar-refractivity contribution in [1.82, 2.24) is 20.5 Å². The third-order valence-electron chi connectivity index (χ3n) is 7.04. The number of rotatable bonds is 5. The molecule has 7 nitrogen and oxygen atoms in total. The maximum Gasteiger partial charge on any atom is 0.267 e. The van der Waals surface area contributed by atoms with Crippen LogP contribution in [0.4, 0.5) is 10.1 Å². The predicted molar refractivity (Wildman–Crippen MR) is 126 cm³/mol. The molecule has 2 aromatic carbocycles. The number of hydrogen-bond acceptors (Lipinski definition) is 4. The van der Waals surface area contributed by atoms with Crippen molar-refractivity contribution >= 4 is 28.4 Å². The molecule has 0 radical (unpaired) electrons. The zero-order valence-corrected chi connectivity index (χ0v) is 18.6. The molecule has 5 rings (SSSR count). The first kappa shape index (κ1) is 21.5. The number of H-pyrrole nitrogens is 1. The van der Waals surface area contributed by atoms with Gasteiger partial charge in [-0.3, -0.25) is 14.5 Å². The molecule has 1 unspecified atom stereocenters. The highest BCUT2D eigenvalue weighted by Crippen LogP contribution is 2.36. The molecular formula is C25H28FN5O2. The van der Waals surface area contributed by atoms with Crippen molar-refractivity contribution < 1.29 is 14.0 Å². The Bertz CT molecular complexity index is 1170. The van der Waals surface area contributed by atoms with Crippen LogP contribution in [0.5, 0.6) is 0 Å². The van der Waals surface area contributed by atoms with E-state index in [1.165, 1.54) is 12.1 Å². The summed E-state index contributed by atoms with van der Waals surface area (Å²) in [6.07, 6.45) is 1.47. The molecule has 0 bridgehead atoms. The molecule has 2 aliphatic rings. The van der Waals surface area contributed by atoms with E-state index in [4.69, 9.17) is 0 Å². The minimum atomic E-state index is -0.513. The number of halogens is 1. The van der Waals surface area contributed by atoms with Crippen molar-refractivity contribution in [2.45, 2.75) is 31.3 Å². The average Bonchev–Trinajstić information content (AvgIpc) is 3.39. The Morgan fingerprint density at radius 2 is 1.91 bits per heavy atom. The molecule has 172 valence electrons. The number of likely N-dealkylation sites (tertiary alicyclic amines) is 1. The minimum Gasteiger partial charge on any atom is -0.351 e. The summed E-state index contributed by atoms with van der Waals surface area (Å²) in [5, 5.41) is 6.68. The van der Waals surface area contributed by atoms with Gasteiger partial charge in [0.2, 0.25) is 5.91 Å². The highest BCUT2D eigenvalue weighted by atomic mass is 19.1. The Morgan fingerprint density at radius 3 is 2.67 bits per heavy atom. The topological polar surface area (TPSA) is 80.5 Å². The number of aromatic nitrogens is 1. The number of amides is 2. The number of anilines is 1. The number of nitrogens with zero attached hydrogens (tertiary/aromatic N) is 2. The standard InChI is InChI=1S/C25H28FN5O2/c1-17(15-27-23(32)22-14-18-13-19(26)7-8-21(18)29-22)30-11-9-25(10-12-30)24(33)28-16-31(25)20-5-3-2-4-6-20/h2-8,13-14,17,29H,9-12,15-16H2,1H3,(H,27,32)(H,28,33). The normalized spacial score (nSPS) is 19.1. The largest absolute Gasteiger partial charge is 0.351 e. The second kappa shape index (κ2) is 8.51. The van der Waals surface area contributed by atoms with Gasteiger partial charge in [0.15, 0.2) is 0 Å². The summed E-state index contributed by atoms with van der Waals surface area (Å²) < 4.78 is 13.4. The molecule has 2 aliphatic heterocycles. The molecule has 3 N–H and O–H groups in total. The average molecular weight is 450 g/mol. The molecule has 1 atom stereocenters. The Balaban J connectivity index is 1.19. The third-order valence-corrected chi connectivity index (χ3v) is 7.04. The summed E-state index contributed by atoms with van der Waals surface area (Å²) >= 11 is 0. The summed E-state index contributed by atoms with van der Waals surface area (Å²) in [6.45, 7) is 4.66. The molecule has 2 fully saturated rings. The zero-order valence-electron chi connectivity index (χ0n) is 18.6. The zero-order chi connectivity index (χ0) is 23.0. The Hall–Kier alpha value is -3.39. The predicted octanol–water partition coefficient (Wildman–Crippen LogP) is 2.85. The first-order valence-corrected chi connectivity index (χ1v) is 11.4. The smallest absolute Gasteiger partial charge is 0.267 e. The molecule has 1 spiro atoms. The summed E-state index contributed by atoms with van der Waals surface area (Å²) in [5.74, 6) is -0.439. The van der Waals surface area contributed by atoms with Gasteiger partial charge in [0, 0.05) is 42.3 Å². The van der Waals surface area contributed by atoms with Gasteiger partial charge in [0.05, 0.1) is 6.67 Å². The van der Waals surface area contributed by atoms with Gasteiger partial charge in [-0.1, -0.05) is 18.2 Å². The van der Waals surface area contributed by atoms with Crippen LogP contribution in [-0.2, 0) is 4.79 Å². The quantitative estimate of drug-likeness (QED) is 0.560. The SMILES string of the molecule is CC(CNC(=O)c1cc2cc(F)ccc2[nH]1)N1CCC2(CC1)C(=O)NCN2c1ccccc1. The number of piperidine rings is 1. The summed E-state index contributed by atoms with van der Waals surface area (Å²) in [7, 11) is 0. The fraction of sp³-hybridized carbons (Fsp3) is 0.360. The summed E-state index contributed by atoms with van der Waals surface area (Å²) in [5.41, 5.74) is 1.69. The molecule has 33 heavy (non-hydrogen) atoms. The van der Waals surface area contributed by atoms with Gasteiger partial charge < -0.3 is 20.5 Å². The second-order valence-corrected chi connectivity index (χ2v) is 8.97. The molecule has 2 amide bonds. The van der Waals surface area contributed by atoms with E-state index in [-0.39, 0.29) is 23.7 Å². The highest BCUT2D eigenvalue weighted by molar-refractivity contribution is 5.98. The number of fused-ring (bicyclic) bond motifs is 1. The number of aromatic amines is 1. The van der Waals surface area contributed by atoms with E-state index in [9.17, 15) is 14.0 Å². The lowest BCUT2D eigenvalue weighted by molar-refractivity contribution is -0.125. The monoisotopic (exact) mass is 449 g/mol. The fourth-order valence-electron chi connectivity index (χ4n) is 5.06. The van der Waals surface area contributed by atoms with Crippen LogP contribution in [-0.4, -0.2) is 59.6 Å². The molecule has 8 heteroatoms. The first-order valence-electron chi connectivity index (χ1n) is 11.4. The van der Waals surface area contributed by atoms with Crippen molar-refractivity contribution in [1.29, 1.82) is 0 Å². The van der Waals surface area contributed by atoms with Crippen LogP contribution in [0, 0.1) is 5.82 Å². The molecule has 1 aromatic heterocycles. The number of carbonyl (C=O) groups excluding carboxylic acids is 2. The molecule has 3 heterocycles. The number of benzene rings is 2. The lowest BCUT2D eigenvalue weighted by Gasteiger charge is -2.45. The van der Waals surface area contributed by atoms with E-state index in [1.54, 1.807) is 12.1 Å². The lowest BCUT2D eigenvalue weighted by Crippen LogP contribution is -2.58. The highest BCUT2D eigenvalue weighted by Gasteiger charge is 2.50. The maximum atomic E-state index is 13.4. The van der Waals surface area contributed by atoms with Gasteiger partial charge in [-0.15, -0.1) is 0 Å². The minimum absolute atomic E-state index is 0.0993. The maximum absolute atomic E-state index is 13.4. The molecule has 0 saturated carbocycles. The molecular weight excluding hydrogens is 421 g/mol. The molecule has 2 saturated heterocycles. The van der Waals surface area contributed by atoms with Gasteiger partial charge in [-0.2, -0.15) is 0 Å². The van der Waals surface area contributed by atoms with Crippen molar-refractivity contribution in [3.05, 3.63) is 66.1 Å². The van der Waals surface area contributed by atoms with Crippen LogP contribution in [0.1, 0.15) is 30.3 Å². The Morgan fingerprint density at radius 1 is 1.15 bits per heavy atom. The van der Waals surface area contributed by atoms with E-state index in [0.29, 0.717) is 24.3 Å². The van der Waals surface area contributed by atoms with Crippen LogP contribution in [0.15, 0.2) is 54.6 Å². The Kier molecular flexibility index (Phi) is 5.54. The first-order chi connectivity index (χ1) is 16.0. The lowest BCUT2D eigenvalue weighted by atomic mass is 9.85. The van der Waals surface area contributed by atoms with Gasteiger partial charge in [-0.05, 0) is 56.2 Å². The van der Waals surface area contributed by atoms with Crippen LogP contribution < -0.4 is 15.5 Å². The van der Waals surface area contributed by atoms with E-state index in [2.05, 4.69) is 32.3 Å². The van der Waals surface area contributed by atoms with E-state index in [1.807, 2.05) is 30.3 Å². The molecule has 3 aromatic rings. The number of para-hydroxylation sites is 1. The van der Waals surface area contributed by atoms with E-state index in [0.717, 1.165) is 37.1 Å². The van der Waals surface area contributed by atoms with E-state index >= 15 is 0 Å².